The first-order valence-corrected chi connectivity index (χ1v) is 8.83. The zero-order valence-electron chi connectivity index (χ0n) is 11.8. The van der Waals surface area contributed by atoms with Gasteiger partial charge in [-0.05, 0) is 18.6 Å². The summed E-state index contributed by atoms with van der Waals surface area (Å²) in [6, 6.07) is 7.85. The molecule has 0 aliphatic heterocycles. The van der Waals surface area contributed by atoms with Crippen molar-refractivity contribution < 1.29 is 13.0 Å². The topological polar surface area (TPSA) is 84.0 Å². The Morgan fingerprint density at radius 2 is 2.14 bits per heavy atom. The largest absolute Gasteiger partial charge is 0.318 e. The summed E-state index contributed by atoms with van der Waals surface area (Å²) < 4.78 is 34.5. The lowest BCUT2D eigenvalue weighted by Crippen LogP contribution is -2.21. The third-order valence-electron chi connectivity index (χ3n) is 3.05. The number of aromatic nitrogens is 1. The molecule has 0 saturated heterocycles. The first-order chi connectivity index (χ1) is 9.93. The molecule has 0 bridgehead atoms. The molecule has 0 aliphatic rings. The predicted octanol–water partition coefficient (Wildman–Crippen LogP) is 2.18. The van der Waals surface area contributed by atoms with Gasteiger partial charge < -0.3 is 4.57 Å². The highest BCUT2D eigenvalue weighted by Crippen LogP contribution is 2.15. The van der Waals surface area contributed by atoms with Gasteiger partial charge in [0, 0.05) is 13.3 Å². The fourth-order valence-corrected chi connectivity index (χ4v) is 3.64. The molecule has 1 heterocycles. The van der Waals surface area contributed by atoms with Crippen LogP contribution in [0, 0.1) is 0 Å². The van der Waals surface area contributed by atoms with Crippen molar-refractivity contribution in [1.82, 2.24) is 4.57 Å². The Balaban J connectivity index is 2.34. The fraction of sp³-hybridized carbons (Fsp3) is 0.385. The first kappa shape index (κ1) is 15.9. The minimum absolute atomic E-state index is 0.316. The lowest BCUT2D eigenvalue weighted by molar-refractivity contribution is 0.474. The van der Waals surface area contributed by atoms with Gasteiger partial charge in [0.2, 0.25) is 4.80 Å². The van der Waals surface area contributed by atoms with E-state index in [0.29, 0.717) is 17.6 Å². The van der Waals surface area contributed by atoms with E-state index in [9.17, 15) is 8.42 Å². The van der Waals surface area contributed by atoms with Crippen LogP contribution in [0.25, 0.3) is 10.2 Å². The summed E-state index contributed by atoms with van der Waals surface area (Å²) in [6.07, 6.45) is 2.13. The van der Waals surface area contributed by atoms with Crippen LogP contribution in [0.1, 0.15) is 19.8 Å². The molecule has 0 amide bonds. The second-order valence-corrected chi connectivity index (χ2v) is 7.26. The minimum atomic E-state index is -4.13. The molecule has 0 spiro atoms. The number of fused-ring (bicyclic) bond motifs is 1. The molecule has 1 N–H and O–H groups in total. The third kappa shape index (κ3) is 3.78. The van der Waals surface area contributed by atoms with Crippen molar-refractivity contribution in [3.8, 4) is 0 Å². The number of thiazole rings is 1. The van der Waals surface area contributed by atoms with Crippen LogP contribution in [-0.4, -0.2) is 29.0 Å². The standard InChI is InChI=1S/C13H17N3O3S2/c1-3-6-10(21(17,18)19)9-14-15-13-16(2)11-7-4-5-8-12(11)20-13/h4-5,7-10H,3,6H2,1-2H3,(H,17,18,19). The van der Waals surface area contributed by atoms with E-state index < -0.39 is 15.4 Å². The van der Waals surface area contributed by atoms with E-state index in [1.807, 2.05) is 42.8 Å². The second kappa shape index (κ2) is 6.50. The second-order valence-electron chi connectivity index (χ2n) is 4.62. The van der Waals surface area contributed by atoms with E-state index in [0.717, 1.165) is 10.2 Å². The van der Waals surface area contributed by atoms with Crippen molar-refractivity contribution in [2.24, 2.45) is 17.3 Å². The lowest BCUT2D eigenvalue weighted by Gasteiger charge is -2.04. The maximum absolute atomic E-state index is 11.2. The van der Waals surface area contributed by atoms with Gasteiger partial charge in [0.05, 0.1) is 10.2 Å². The van der Waals surface area contributed by atoms with E-state index >= 15 is 0 Å². The van der Waals surface area contributed by atoms with Gasteiger partial charge in [-0.2, -0.15) is 13.5 Å². The highest BCUT2D eigenvalue weighted by atomic mass is 32.2. The maximum atomic E-state index is 11.2. The van der Waals surface area contributed by atoms with Crippen LogP contribution in [0.4, 0.5) is 0 Å². The Morgan fingerprint density at radius 3 is 2.76 bits per heavy atom. The summed E-state index contributed by atoms with van der Waals surface area (Å²) in [5, 5.41) is 6.88. The van der Waals surface area contributed by atoms with Crippen molar-refractivity contribution in [2.45, 2.75) is 25.0 Å². The molecule has 21 heavy (non-hydrogen) atoms. The quantitative estimate of drug-likeness (QED) is 0.519. The predicted molar refractivity (Wildman–Crippen MR) is 85.1 cm³/mol. The molecular weight excluding hydrogens is 310 g/mol. The molecule has 6 nitrogen and oxygen atoms in total. The van der Waals surface area contributed by atoms with Gasteiger partial charge in [-0.15, -0.1) is 5.10 Å². The van der Waals surface area contributed by atoms with Gasteiger partial charge in [-0.3, -0.25) is 4.55 Å². The molecule has 0 aliphatic carbocycles. The summed E-state index contributed by atoms with van der Waals surface area (Å²) in [7, 11) is -2.25. The molecule has 8 heteroatoms. The summed E-state index contributed by atoms with van der Waals surface area (Å²) in [6.45, 7) is 1.84. The highest BCUT2D eigenvalue weighted by Gasteiger charge is 2.19. The number of rotatable bonds is 5. The van der Waals surface area contributed by atoms with E-state index in [1.54, 1.807) is 0 Å². The Bertz CT molecular complexity index is 819. The van der Waals surface area contributed by atoms with Crippen LogP contribution in [-0.2, 0) is 17.2 Å². The van der Waals surface area contributed by atoms with Crippen molar-refractivity contribution >= 4 is 37.9 Å². The van der Waals surface area contributed by atoms with Crippen molar-refractivity contribution in [1.29, 1.82) is 0 Å². The molecule has 2 aromatic rings. The average molecular weight is 327 g/mol. The van der Waals surface area contributed by atoms with Gasteiger partial charge in [-0.1, -0.05) is 36.8 Å². The van der Waals surface area contributed by atoms with Crippen LogP contribution in [0.15, 0.2) is 34.5 Å². The van der Waals surface area contributed by atoms with E-state index in [4.69, 9.17) is 4.55 Å². The summed E-state index contributed by atoms with van der Waals surface area (Å²) >= 11 is 1.47. The molecule has 1 atom stereocenters. The van der Waals surface area contributed by atoms with Gasteiger partial charge in [0.25, 0.3) is 10.1 Å². The van der Waals surface area contributed by atoms with Crippen molar-refractivity contribution in [3.05, 3.63) is 29.1 Å². The lowest BCUT2D eigenvalue weighted by atomic mass is 10.3. The fourth-order valence-electron chi connectivity index (χ4n) is 1.92. The summed E-state index contributed by atoms with van der Waals surface area (Å²) in [4.78, 5) is 0.665. The van der Waals surface area contributed by atoms with Gasteiger partial charge >= 0.3 is 0 Å². The molecule has 0 fully saturated rings. The SMILES string of the molecule is CCCC(C=NN=c1sc2ccccc2n1C)S(=O)(=O)O. The smallest absolute Gasteiger partial charge is 0.273 e. The molecule has 1 aromatic heterocycles. The van der Waals surface area contributed by atoms with Gasteiger partial charge in [0.15, 0.2) is 0 Å². The Labute approximate surface area is 127 Å². The number of aryl methyl sites for hydroxylation is 1. The number of para-hydroxylation sites is 1. The highest BCUT2D eigenvalue weighted by molar-refractivity contribution is 7.87. The number of hydrogen-bond acceptors (Lipinski definition) is 5. The maximum Gasteiger partial charge on any atom is 0.273 e. The Morgan fingerprint density at radius 1 is 1.43 bits per heavy atom. The first-order valence-electron chi connectivity index (χ1n) is 6.51. The number of benzene rings is 1. The van der Waals surface area contributed by atoms with Gasteiger partial charge in [0.1, 0.15) is 5.25 Å². The van der Waals surface area contributed by atoms with E-state index in [1.165, 1.54) is 17.6 Å². The third-order valence-corrected chi connectivity index (χ3v) is 5.27. The summed E-state index contributed by atoms with van der Waals surface area (Å²) in [5.41, 5.74) is 1.04. The number of hydrogen-bond donors (Lipinski definition) is 1. The number of nitrogens with zero attached hydrogens (tertiary/aromatic N) is 3. The van der Waals surface area contributed by atoms with Crippen LogP contribution in [0.5, 0.6) is 0 Å². The van der Waals surface area contributed by atoms with Crippen LogP contribution < -0.4 is 4.80 Å². The Kier molecular flexibility index (Phi) is 4.92. The molecule has 0 saturated carbocycles. The van der Waals surface area contributed by atoms with E-state index in [2.05, 4.69) is 10.2 Å². The van der Waals surface area contributed by atoms with Crippen LogP contribution in [0.3, 0.4) is 0 Å². The normalized spacial score (nSPS) is 15.1. The van der Waals surface area contributed by atoms with E-state index in [-0.39, 0.29) is 0 Å². The zero-order chi connectivity index (χ0) is 15.5. The molecule has 2 rings (SSSR count). The monoisotopic (exact) mass is 327 g/mol. The van der Waals surface area contributed by atoms with Gasteiger partial charge in [-0.25, -0.2) is 0 Å². The molecule has 1 unspecified atom stereocenters. The Hall–Kier alpha value is -1.51. The van der Waals surface area contributed by atoms with Crippen LogP contribution >= 0.6 is 11.3 Å². The molecule has 114 valence electrons. The molecular formula is C13H17N3O3S2. The molecule has 0 radical (unpaired) electrons. The minimum Gasteiger partial charge on any atom is -0.318 e. The molecule has 1 aromatic carbocycles. The summed E-state index contributed by atoms with van der Waals surface area (Å²) in [5.74, 6) is 0. The zero-order valence-corrected chi connectivity index (χ0v) is 13.4. The van der Waals surface area contributed by atoms with Crippen LogP contribution in [0.2, 0.25) is 0 Å². The van der Waals surface area contributed by atoms with Crippen molar-refractivity contribution in [2.75, 3.05) is 0 Å². The average Bonchev–Trinajstić information content (AvgIpc) is 2.74. The van der Waals surface area contributed by atoms with Crippen molar-refractivity contribution in [3.63, 3.8) is 0 Å².